The van der Waals surface area contributed by atoms with Crippen molar-refractivity contribution in [3.8, 4) is 0 Å². The topological polar surface area (TPSA) is 65.1 Å². The number of benzene rings is 1. The number of halogens is 1. The smallest absolute Gasteiger partial charge is 0.248 e. The average molecular weight is 246 g/mol. The van der Waals surface area contributed by atoms with E-state index in [0.717, 1.165) is 0 Å². The molecule has 0 aliphatic carbocycles. The fourth-order valence-corrected chi connectivity index (χ4v) is 1.59. The Kier molecular flexibility index (Phi) is 3.23. The molecule has 18 heavy (non-hydrogen) atoms. The van der Waals surface area contributed by atoms with Crippen molar-refractivity contribution >= 4 is 5.91 Å². The third kappa shape index (κ3) is 2.63. The predicted octanol–water partition coefficient (Wildman–Crippen LogP) is 1.13. The number of hydrogen-bond donors (Lipinski definition) is 1. The summed E-state index contributed by atoms with van der Waals surface area (Å²) in [4.78, 5) is 21.9. The lowest BCUT2D eigenvalue weighted by molar-refractivity contribution is 0.1000. The monoisotopic (exact) mass is 246 g/mol. The summed E-state index contributed by atoms with van der Waals surface area (Å²) in [5.41, 5.74) is 5.62. The Balaban J connectivity index is 2.33. The van der Waals surface area contributed by atoms with E-state index < -0.39 is 11.7 Å². The summed E-state index contributed by atoms with van der Waals surface area (Å²) in [6.07, 6.45) is 3.11. The number of rotatable bonds is 3. The fourth-order valence-electron chi connectivity index (χ4n) is 1.59. The van der Waals surface area contributed by atoms with Crippen LogP contribution in [0.5, 0.6) is 0 Å². The van der Waals surface area contributed by atoms with Crippen molar-refractivity contribution in [3.63, 3.8) is 0 Å². The van der Waals surface area contributed by atoms with Crippen molar-refractivity contribution in [2.45, 2.75) is 6.54 Å². The number of aromatic nitrogens is 1. The predicted molar refractivity (Wildman–Crippen MR) is 64.7 cm³/mol. The molecule has 0 saturated heterocycles. The zero-order valence-electron chi connectivity index (χ0n) is 9.47. The molecular formula is C13H11FN2O2. The summed E-state index contributed by atoms with van der Waals surface area (Å²) in [6, 6.07) is 6.73. The third-order valence-electron chi connectivity index (χ3n) is 2.54. The van der Waals surface area contributed by atoms with E-state index in [1.54, 1.807) is 17.0 Å². The number of carbonyl (C=O) groups excluding carboxylic acids is 1. The van der Waals surface area contributed by atoms with Gasteiger partial charge in [0.15, 0.2) is 5.43 Å². The number of nitrogens with two attached hydrogens (primary N) is 1. The molecule has 2 aromatic rings. The van der Waals surface area contributed by atoms with Gasteiger partial charge in [0.2, 0.25) is 5.91 Å². The van der Waals surface area contributed by atoms with Gasteiger partial charge < -0.3 is 10.3 Å². The lowest BCUT2D eigenvalue weighted by atomic mass is 10.1. The van der Waals surface area contributed by atoms with E-state index in [9.17, 15) is 14.0 Å². The maximum absolute atomic E-state index is 13.6. The lowest BCUT2D eigenvalue weighted by Crippen LogP contribution is -2.12. The van der Waals surface area contributed by atoms with Crippen LogP contribution in [-0.4, -0.2) is 10.5 Å². The maximum Gasteiger partial charge on any atom is 0.248 e. The molecular weight excluding hydrogens is 235 g/mol. The number of hydrogen-bond acceptors (Lipinski definition) is 2. The van der Waals surface area contributed by atoms with Crippen LogP contribution in [0.2, 0.25) is 0 Å². The fraction of sp³-hybridized carbons (Fsp3) is 0.0769. The van der Waals surface area contributed by atoms with Gasteiger partial charge in [0.1, 0.15) is 5.82 Å². The van der Waals surface area contributed by atoms with E-state index in [0.29, 0.717) is 5.56 Å². The van der Waals surface area contributed by atoms with Gasteiger partial charge in [-0.1, -0.05) is 0 Å². The molecule has 1 amide bonds. The van der Waals surface area contributed by atoms with Gasteiger partial charge in [-0.25, -0.2) is 4.39 Å². The number of pyridine rings is 1. The minimum Gasteiger partial charge on any atom is -0.366 e. The van der Waals surface area contributed by atoms with Crippen molar-refractivity contribution in [2.24, 2.45) is 5.73 Å². The van der Waals surface area contributed by atoms with E-state index in [4.69, 9.17) is 5.73 Å². The highest BCUT2D eigenvalue weighted by atomic mass is 19.1. The molecule has 5 heteroatoms. The van der Waals surface area contributed by atoms with Crippen LogP contribution < -0.4 is 11.2 Å². The molecule has 0 atom stereocenters. The molecule has 2 N–H and O–H groups in total. The minimum atomic E-state index is -0.601. The molecule has 0 aliphatic rings. The summed E-state index contributed by atoms with van der Waals surface area (Å²) in [5, 5.41) is 0. The van der Waals surface area contributed by atoms with Crippen LogP contribution in [0.4, 0.5) is 4.39 Å². The van der Waals surface area contributed by atoms with Crippen LogP contribution in [0.25, 0.3) is 0 Å². The molecule has 0 unspecified atom stereocenters. The Morgan fingerprint density at radius 1 is 1.22 bits per heavy atom. The van der Waals surface area contributed by atoms with Crippen molar-refractivity contribution in [1.29, 1.82) is 0 Å². The molecule has 0 bridgehead atoms. The average Bonchev–Trinajstić information content (AvgIpc) is 2.34. The quantitative estimate of drug-likeness (QED) is 0.882. The summed E-state index contributed by atoms with van der Waals surface area (Å²) in [7, 11) is 0. The summed E-state index contributed by atoms with van der Waals surface area (Å²) in [5.74, 6) is -1.02. The second-order valence-electron chi connectivity index (χ2n) is 3.88. The van der Waals surface area contributed by atoms with Gasteiger partial charge in [0.25, 0.3) is 0 Å². The summed E-state index contributed by atoms with van der Waals surface area (Å²) >= 11 is 0. The van der Waals surface area contributed by atoms with Crippen molar-refractivity contribution < 1.29 is 9.18 Å². The van der Waals surface area contributed by atoms with E-state index in [-0.39, 0.29) is 17.5 Å². The molecule has 0 spiro atoms. The van der Waals surface area contributed by atoms with Gasteiger partial charge in [-0.3, -0.25) is 9.59 Å². The van der Waals surface area contributed by atoms with Crippen LogP contribution in [0.15, 0.2) is 47.5 Å². The zero-order chi connectivity index (χ0) is 13.1. The molecule has 1 heterocycles. The minimum absolute atomic E-state index is 0.113. The Morgan fingerprint density at radius 2 is 1.89 bits per heavy atom. The van der Waals surface area contributed by atoms with Gasteiger partial charge in [-0.05, 0) is 18.2 Å². The van der Waals surface area contributed by atoms with E-state index >= 15 is 0 Å². The van der Waals surface area contributed by atoms with E-state index in [1.165, 1.54) is 30.3 Å². The van der Waals surface area contributed by atoms with Crippen LogP contribution >= 0.6 is 0 Å². The second kappa shape index (κ2) is 4.83. The van der Waals surface area contributed by atoms with Gasteiger partial charge >= 0.3 is 0 Å². The zero-order valence-corrected chi connectivity index (χ0v) is 9.47. The number of amides is 1. The molecule has 0 radical (unpaired) electrons. The Hall–Kier alpha value is -2.43. The SMILES string of the molecule is NC(=O)c1ccc(F)c(Cn2ccc(=O)cc2)c1. The molecule has 92 valence electrons. The van der Waals surface area contributed by atoms with Crippen LogP contribution in [0.3, 0.4) is 0 Å². The molecule has 2 rings (SSSR count). The number of nitrogens with zero attached hydrogens (tertiary/aromatic N) is 1. The Bertz CT molecular complexity index is 629. The van der Waals surface area contributed by atoms with Crippen LogP contribution in [-0.2, 0) is 6.54 Å². The summed E-state index contributed by atoms with van der Waals surface area (Å²) < 4.78 is 15.2. The van der Waals surface area contributed by atoms with E-state index in [1.807, 2.05) is 0 Å². The second-order valence-corrected chi connectivity index (χ2v) is 3.88. The van der Waals surface area contributed by atoms with Crippen molar-refractivity contribution in [1.82, 2.24) is 4.57 Å². The molecule has 1 aromatic carbocycles. The standard InChI is InChI=1S/C13H11FN2O2/c14-12-2-1-9(13(15)18)7-10(12)8-16-5-3-11(17)4-6-16/h1-7H,8H2,(H2,15,18). The highest BCUT2D eigenvalue weighted by molar-refractivity contribution is 5.92. The van der Waals surface area contributed by atoms with E-state index in [2.05, 4.69) is 0 Å². The largest absolute Gasteiger partial charge is 0.366 e. The number of carbonyl (C=O) groups is 1. The summed E-state index contributed by atoms with van der Waals surface area (Å²) in [6.45, 7) is 0.229. The van der Waals surface area contributed by atoms with Crippen LogP contribution in [0, 0.1) is 5.82 Å². The van der Waals surface area contributed by atoms with Gasteiger partial charge in [0, 0.05) is 42.2 Å². The van der Waals surface area contributed by atoms with Crippen LogP contribution in [0.1, 0.15) is 15.9 Å². The molecule has 0 aliphatic heterocycles. The van der Waals surface area contributed by atoms with Gasteiger partial charge in [-0.2, -0.15) is 0 Å². The van der Waals surface area contributed by atoms with Crippen molar-refractivity contribution in [3.05, 3.63) is 69.9 Å². The first-order valence-electron chi connectivity index (χ1n) is 5.30. The third-order valence-corrected chi connectivity index (χ3v) is 2.54. The molecule has 0 saturated carbocycles. The van der Waals surface area contributed by atoms with Crippen molar-refractivity contribution in [2.75, 3.05) is 0 Å². The lowest BCUT2D eigenvalue weighted by Gasteiger charge is -2.08. The first-order chi connectivity index (χ1) is 8.56. The molecule has 0 fully saturated rings. The molecule has 1 aromatic heterocycles. The Morgan fingerprint density at radius 3 is 2.50 bits per heavy atom. The number of primary amides is 1. The first kappa shape index (κ1) is 12.0. The highest BCUT2D eigenvalue weighted by Crippen LogP contribution is 2.11. The maximum atomic E-state index is 13.6. The Labute approximate surface area is 102 Å². The normalized spacial score (nSPS) is 10.3. The first-order valence-corrected chi connectivity index (χ1v) is 5.30. The molecule has 4 nitrogen and oxygen atoms in total. The van der Waals surface area contributed by atoms with Gasteiger partial charge in [-0.15, -0.1) is 0 Å². The van der Waals surface area contributed by atoms with Gasteiger partial charge in [0.05, 0.1) is 0 Å². The highest BCUT2D eigenvalue weighted by Gasteiger charge is 2.07.